The molecule has 1 aromatic rings. The van der Waals surface area contributed by atoms with Gasteiger partial charge in [0.25, 0.3) is 0 Å². The van der Waals surface area contributed by atoms with Gasteiger partial charge in [0.2, 0.25) is 0 Å². The summed E-state index contributed by atoms with van der Waals surface area (Å²) in [6, 6.07) is 3.20. The molecule has 1 atom stereocenters. The molecule has 3 heteroatoms. The monoisotopic (exact) mass is 293 g/mol. The molecular weight excluding hydrogens is 265 g/mol. The average molecular weight is 293 g/mol. The normalized spacial score (nSPS) is 20.0. The van der Waals surface area contributed by atoms with Crippen molar-refractivity contribution in [1.29, 1.82) is 0 Å². The van der Waals surface area contributed by atoms with Crippen LogP contribution in [0.5, 0.6) is 0 Å². The first kappa shape index (κ1) is 16.4. The van der Waals surface area contributed by atoms with Crippen molar-refractivity contribution in [2.24, 2.45) is 5.73 Å². The molecule has 21 heavy (non-hydrogen) atoms. The zero-order chi connectivity index (χ0) is 15.5. The second-order valence-corrected chi connectivity index (χ2v) is 6.37. The van der Waals surface area contributed by atoms with Crippen LogP contribution in [0.25, 0.3) is 0 Å². The van der Waals surface area contributed by atoms with E-state index in [1.165, 1.54) is 12.8 Å². The van der Waals surface area contributed by atoms with Crippen LogP contribution in [0.15, 0.2) is 12.1 Å². The largest absolute Gasteiger partial charge is 0.373 e. The second-order valence-electron chi connectivity index (χ2n) is 6.37. The van der Waals surface area contributed by atoms with Gasteiger partial charge in [-0.3, -0.25) is 0 Å². The van der Waals surface area contributed by atoms with Crippen molar-refractivity contribution in [1.82, 2.24) is 0 Å². The molecule has 1 aliphatic rings. The number of hydrogen-bond acceptors (Lipinski definition) is 2. The molecule has 1 unspecified atom stereocenters. The van der Waals surface area contributed by atoms with E-state index < -0.39 is 11.6 Å². The van der Waals surface area contributed by atoms with Crippen molar-refractivity contribution in [3.05, 3.63) is 34.6 Å². The maximum absolute atomic E-state index is 14.5. The first-order chi connectivity index (χ1) is 10.00. The van der Waals surface area contributed by atoms with Gasteiger partial charge in [-0.2, -0.15) is 0 Å². The highest BCUT2D eigenvalue weighted by atomic mass is 19.1. The van der Waals surface area contributed by atoms with Crippen LogP contribution in [0.1, 0.15) is 68.2 Å². The predicted molar refractivity (Wildman–Crippen MR) is 84.9 cm³/mol. The molecule has 0 spiro atoms. The Labute approximate surface area is 127 Å². The Bertz CT molecular complexity index is 455. The third-order valence-electron chi connectivity index (χ3n) is 4.74. The Morgan fingerprint density at radius 2 is 1.81 bits per heavy atom. The summed E-state index contributed by atoms with van der Waals surface area (Å²) in [4.78, 5) is 0. The first-order valence-electron chi connectivity index (χ1n) is 8.16. The Morgan fingerprint density at radius 3 is 2.33 bits per heavy atom. The van der Waals surface area contributed by atoms with Gasteiger partial charge >= 0.3 is 0 Å². The van der Waals surface area contributed by atoms with E-state index in [0.717, 1.165) is 36.8 Å². The van der Waals surface area contributed by atoms with Crippen molar-refractivity contribution >= 4 is 0 Å². The fourth-order valence-electron chi connectivity index (χ4n) is 3.74. The summed E-state index contributed by atoms with van der Waals surface area (Å²) in [6.07, 6.45) is 6.51. The molecule has 2 nitrogen and oxygen atoms in total. The fraction of sp³-hybridized carbons (Fsp3) is 0.667. The highest BCUT2D eigenvalue weighted by Crippen LogP contribution is 2.41. The second kappa shape index (κ2) is 6.89. The maximum Gasteiger partial charge on any atom is 0.128 e. The van der Waals surface area contributed by atoms with Crippen LogP contribution in [-0.2, 0) is 4.74 Å². The van der Waals surface area contributed by atoms with Crippen LogP contribution in [0.3, 0.4) is 0 Å². The third-order valence-corrected chi connectivity index (χ3v) is 4.74. The lowest BCUT2D eigenvalue weighted by molar-refractivity contribution is -0.0703. The summed E-state index contributed by atoms with van der Waals surface area (Å²) in [7, 11) is 0. The minimum absolute atomic E-state index is 0.191. The summed E-state index contributed by atoms with van der Waals surface area (Å²) in [5, 5.41) is 0. The predicted octanol–water partition coefficient (Wildman–Crippen LogP) is 4.57. The molecule has 0 bridgehead atoms. The molecule has 0 amide bonds. The molecule has 1 fully saturated rings. The van der Waals surface area contributed by atoms with Crippen molar-refractivity contribution in [2.45, 2.75) is 70.9 Å². The van der Waals surface area contributed by atoms with Gasteiger partial charge in [-0.15, -0.1) is 0 Å². The summed E-state index contributed by atoms with van der Waals surface area (Å²) in [6.45, 7) is 6.48. The molecule has 118 valence electrons. The molecule has 0 aliphatic heterocycles. The number of rotatable bonds is 4. The van der Waals surface area contributed by atoms with Crippen LogP contribution in [-0.4, -0.2) is 12.2 Å². The number of nitrogens with two attached hydrogens (primary N) is 1. The van der Waals surface area contributed by atoms with Crippen LogP contribution in [0.2, 0.25) is 0 Å². The van der Waals surface area contributed by atoms with Gasteiger partial charge in [0.15, 0.2) is 0 Å². The van der Waals surface area contributed by atoms with Gasteiger partial charge in [-0.1, -0.05) is 31.7 Å². The molecule has 1 aromatic carbocycles. The number of hydrogen-bond donors (Lipinski definition) is 1. The van der Waals surface area contributed by atoms with E-state index in [-0.39, 0.29) is 5.82 Å². The molecule has 1 saturated carbocycles. The quantitative estimate of drug-likeness (QED) is 0.825. The maximum atomic E-state index is 14.5. The van der Waals surface area contributed by atoms with E-state index >= 15 is 0 Å². The summed E-state index contributed by atoms with van der Waals surface area (Å²) < 4.78 is 20.6. The minimum Gasteiger partial charge on any atom is -0.373 e. The molecule has 0 heterocycles. The zero-order valence-corrected chi connectivity index (χ0v) is 13.5. The van der Waals surface area contributed by atoms with Crippen molar-refractivity contribution in [3.63, 3.8) is 0 Å². The zero-order valence-electron chi connectivity index (χ0n) is 13.5. The van der Waals surface area contributed by atoms with E-state index in [1.54, 1.807) is 6.07 Å². The molecule has 0 aromatic heterocycles. The Balaban J connectivity index is 2.40. The topological polar surface area (TPSA) is 35.2 Å². The molecule has 1 aliphatic carbocycles. The third kappa shape index (κ3) is 3.46. The van der Waals surface area contributed by atoms with Crippen LogP contribution < -0.4 is 5.73 Å². The minimum atomic E-state index is -0.411. The van der Waals surface area contributed by atoms with E-state index in [4.69, 9.17) is 10.5 Å². The van der Waals surface area contributed by atoms with E-state index in [0.29, 0.717) is 12.2 Å². The van der Waals surface area contributed by atoms with Crippen molar-refractivity contribution in [2.75, 3.05) is 6.61 Å². The molecule has 2 N–H and O–H groups in total. The first-order valence-corrected chi connectivity index (χ1v) is 8.16. The smallest absolute Gasteiger partial charge is 0.128 e. The highest BCUT2D eigenvalue weighted by Gasteiger charge is 2.40. The Hall–Kier alpha value is -0.930. The molecular formula is C18H28FNO. The Kier molecular flexibility index (Phi) is 5.39. The van der Waals surface area contributed by atoms with Gasteiger partial charge in [-0.25, -0.2) is 4.39 Å². The number of benzene rings is 1. The van der Waals surface area contributed by atoms with E-state index in [1.807, 2.05) is 26.8 Å². The van der Waals surface area contributed by atoms with Crippen LogP contribution in [0.4, 0.5) is 4.39 Å². The lowest BCUT2D eigenvalue weighted by Crippen LogP contribution is -2.44. The number of aryl methyl sites for hydroxylation is 2. The van der Waals surface area contributed by atoms with Crippen molar-refractivity contribution in [3.8, 4) is 0 Å². The van der Waals surface area contributed by atoms with Gasteiger partial charge in [-0.05, 0) is 50.8 Å². The van der Waals surface area contributed by atoms with Crippen LogP contribution in [0, 0.1) is 19.7 Å². The number of halogens is 1. The summed E-state index contributed by atoms with van der Waals surface area (Å²) >= 11 is 0. The van der Waals surface area contributed by atoms with E-state index in [9.17, 15) is 4.39 Å². The molecule has 2 rings (SSSR count). The average Bonchev–Trinajstić information content (AvgIpc) is 2.64. The van der Waals surface area contributed by atoms with Gasteiger partial charge < -0.3 is 10.5 Å². The number of ether oxygens (including phenoxy) is 1. The van der Waals surface area contributed by atoms with Crippen LogP contribution >= 0.6 is 0 Å². The van der Waals surface area contributed by atoms with Gasteiger partial charge in [0.1, 0.15) is 5.82 Å². The van der Waals surface area contributed by atoms with E-state index in [2.05, 4.69) is 0 Å². The Morgan fingerprint density at radius 1 is 1.19 bits per heavy atom. The molecule has 0 radical (unpaired) electrons. The lowest BCUT2D eigenvalue weighted by atomic mass is 9.81. The van der Waals surface area contributed by atoms with Gasteiger partial charge in [0, 0.05) is 12.2 Å². The molecule has 0 saturated heterocycles. The fourth-order valence-corrected chi connectivity index (χ4v) is 3.74. The summed E-state index contributed by atoms with van der Waals surface area (Å²) in [5.41, 5.74) is 8.64. The lowest BCUT2D eigenvalue weighted by Gasteiger charge is -2.39. The highest BCUT2D eigenvalue weighted by molar-refractivity contribution is 5.36. The standard InChI is InChI=1S/C18H28FNO/c1-4-21-18(9-7-5-6-8-10-18)17(20)16-14(3)11-13(2)12-15(16)19/h11-12,17H,4-10,20H2,1-3H3. The van der Waals surface area contributed by atoms with Crippen molar-refractivity contribution < 1.29 is 9.13 Å². The summed E-state index contributed by atoms with van der Waals surface area (Å²) in [5.74, 6) is -0.191. The SMILES string of the molecule is CCOC1(C(N)c2c(C)cc(C)cc2F)CCCCCC1. The van der Waals surface area contributed by atoms with Gasteiger partial charge in [0.05, 0.1) is 11.6 Å².